The first-order chi connectivity index (χ1) is 12.9. The molecule has 1 aliphatic carbocycles. The maximum Gasteiger partial charge on any atom is 0.237 e. The molecule has 2 amide bonds. The molecular weight excluding hydrogens is 385 g/mol. The SMILES string of the molecule is Cc1nn(Cc2c(Cl)cccc2Cl)c(C)c1N1C(=O)[C@H]2CCCC[C@@H]2C1=O. The molecule has 0 spiro atoms. The van der Waals surface area contributed by atoms with E-state index < -0.39 is 0 Å². The molecule has 142 valence electrons. The number of aryl methyl sites for hydroxylation is 1. The van der Waals surface area contributed by atoms with E-state index in [1.165, 1.54) is 4.90 Å². The largest absolute Gasteiger partial charge is 0.274 e. The zero-order valence-corrected chi connectivity index (χ0v) is 16.8. The smallest absolute Gasteiger partial charge is 0.237 e. The first-order valence-corrected chi connectivity index (χ1v) is 10.0. The first-order valence-electron chi connectivity index (χ1n) is 9.25. The van der Waals surface area contributed by atoms with E-state index in [0.29, 0.717) is 28.0 Å². The molecule has 0 bridgehead atoms. The van der Waals surface area contributed by atoms with E-state index in [1.54, 1.807) is 22.9 Å². The minimum absolute atomic E-state index is 0.0776. The quantitative estimate of drug-likeness (QED) is 0.704. The van der Waals surface area contributed by atoms with Gasteiger partial charge in [0.05, 0.1) is 35.5 Å². The third-order valence-corrected chi connectivity index (χ3v) is 6.49. The number of aromatic nitrogens is 2. The van der Waals surface area contributed by atoms with Crippen molar-refractivity contribution in [3.8, 4) is 0 Å². The van der Waals surface area contributed by atoms with Crippen molar-refractivity contribution in [3.05, 3.63) is 45.2 Å². The maximum absolute atomic E-state index is 13.0. The Morgan fingerprint density at radius 3 is 2.15 bits per heavy atom. The van der Waals surface area contributed by atoms with Gasteiger partial charge in [-0.05, 0) is 38.8 Å². The molecule has 1 aliphatic heterocycles. The van der Waals surface area contributed by atoms with Gasteiger partial charge in [-0.1, -0.05) is 42.1 Å². The molecule has 2 aromatic rings. The van der Waals surface area contributed by atoms with E-state index in [2.05, 4.69) is 5.10 Å². The number of anilines is 1. The van der Waals surface area contributed by atoms with Gasteiger partial charge in [0.2, 0.25) is 11.8 Å². The number of imide groups is 1. The summed E-state index contributed by atoms with van der Waals surface area (Å²) < 4.78 is 1.76. The van der Waals surface area contributed by atoms with Crippen molar-refractivity contribution in [1.29, 1.82) is 0 Å². The highest BCUT2D eigenvalue weighted by molar-refractivity contribution is 6.36. The Hall–Kier alpha value is -1.85. The van der Waals surface area contributed by atoms with Gasteiger partial charge in [-0.3, -0.25) is 14.3 Å². The van der Waals surface area contributed by atoms with Crippen LogP contribution in [-0.4, -0.2) is 21.6 Å². The molecule has 5 nitrogen and oxygen atoms in total. The Morgan fingerprint density at radius 1 is 1.04 bits per heavy atom. The molecule has 0 unspecified atom stereocenters. The van der Waals surface area contributed by atoms with Crippen molar-refractivity contribution in [2.45, 2.75) is 46.1 Å². The standard InChI is InChI=1S/C20H21Cl2N3O2/c1-11-18(25-19(26)13-6-3-4-7-14(13)20(25)27)12(2)24(23-11)10-15-16(21)8-5-9-17(15)22/h5,8-9,13-14H,3-4,6-7,10H2,1-2H3/t13-,14-/m0/s1. The van der Waals surface area contributed by atoms with Crippen molar-refractivity contribution in [1.82, 2.24) is 9.78 Å². The lowest BCUT2D eigenvalue weighted by Gasteiger charge is -2.19. The third-order valence-electron chi connectivity index (χ3n) is 5.78. The van der Waals surface area contributed by atoms with Crippen molar-refractivity contribution in [3.63, 3.8) is 0 Å². The van der Waals surface area contributed by atoms with Crippen molar-refractivity contribution < 1.29 is 9.59 Å². The van der Waals surface area contributed by atoms with Crippen molar-refractivity contribution in [2.24, 2.45) is 11.8 Å². The Morgan fingerprint density at radius 2 is 1.59 bits per heavy atom. The average Bonchev–Trinajstić information content (AvgIpc) is 3.05. The van der Waals surface area contributed by atoms with E-state index >= 15 is 0 Å². The third kappa shape index (κ3) is 2.97. The van der Waals surface area contributed by atoms with Gasteiger partial charge in [0.25, 0.3) is 0 Å². The number of nitrogens with zero attached hydrogens (tertiary/aromatic N) is 3. The minimum Gasteiger partial charge on any atom is -0.274 e. The Balaban J connectivity index is 1.71. The summed E-state index contributed by atoms with van der Waals surface area (Å²) >= 11 is 12.6. The molecule has 4 rings (SSSR count). The summed E-state index contributed by atoms with van der Waals surface area (Å²) in [5.41, 5.74) is 2.81. The van der Waals surface area contributed by atoms with Gasteiger partial charge in [-0.15, -0.1) is 0 Å². The number of benzene rings is 1. The topological polar surface area (TPSA) is 55.2 Å². The zero-order chi connectivity index (χ0) is 19.3. The molecule has 2 atom stereocenters. The van der Waals surface area contributed by atoms with Gasteiger partial charge in [-0.2, -0.15) is 5.10 Å². The Labute approximate surface area is 168 Å². The highest BCUT2D eigenvalue weighted by Crippen LogP contribution is 2.42. The van der Waals surface area contributed by atoms with Crippen LogP contribution in [0.2, 0.25) is 10.0 Å². The second-order valence-corrected chi connectivity index (χ2v) is 8.20. The zero-order valence-electron chi connectivity index (χ0n) is 15.3. The maximum atomic E-state index is 13.0. The van der Waals surface area contributed by atoms with Gasteiger partial charge in [0.1, 0.15) is 0 Å². The normalized spacial score (nSPS) is 22.4. The molecule has 1 saturated heterocycles. The van der Waals surface area contributed by atoms with Crippen LogP contribution >= 0.6 is 23.2 Å². The number of fused-ring (bicyclic) bond motifs is 1. The Kier molecular flexibility index (Phi) is 4.77. The van der Waals surface area contributed by atoms with Gasteiger partial charge < -0.3 is 0 Å². The average molecular weight is 406 g/mol. The molecule has 7 heteroatoms. The van der Waals surface area contributed by atoms with E-state index in [4.69, 9.17) is 23.2 Å². The number of halogens is 2. The number of carbonyl (C=O) groups is 2. The summed E-state index contributed by atoms with van der Waals surface area (Å²) in [5, 5.41) is 5.70. The molecule has 0 radical (unpaired) electrons. The fraction of sp³-hybridized carbons (Fsp3) is 0.450. The summed E-state index contributed by atoms with van der Waals surface area (Å²) in [4.78, 5) is 27.3. The van der Waals surface area contributed by atoms with Crippen LogP contribution in [0.4, 0.5) is 5.69 Å². The lowest BCUT2D eigenvalue weighted by Crippen LogP contribution is -2.31. The monoisotopic (exact) mass is 405 g/mol. The van der Waals surface area contributed by atoms with Gasteiger partial charge in [-0.25, -0.2) is 4.90 Å². The summed E-state index contributed by atoms with van der Waals surface area (Å²) in [5.74, 6) is -0.504. The van der Waals surface area contributed by atoms with Crippen LogP contribution < -0.4 is 4.90 Å². The predicted molar refractivity (Wildman–Crippen MR) is 105 cm³/mol. The fourth-order valence-corrected chi connectivity index (χ4v) is 4.90. The van der Waals surface area contributed by atoms with E-state index in [-0.39, 0.29) is 23.7 Å². The number of rotatable bonds is 3. The summed E-state index contributed by atoms with van der Waals surface area (Å²) in [7, 11) is 0. The molecule has 2 heterocycles. The van der Waals surface area contributed by atoms with Crippen LogP contribution in [0.15, 0.2) is 18.2 Å². The molecule has 2 aliphatic rings. The van der Waals surface area contributed by atoms with Crippen LogP contribution in [0.25, 0.3) is 0 Å². The highest BCUT2D eigenvalue weighted by Gasteiger charge is 2.50. The lowest BCUT2D eigenvalue weighted by molar-refractivity contribution is -0.122. The molecular formula is C20H21Cl2N3O2. The van der Waals surface area contributed by atoms with Crippen LogP contribution in [0.3, 0.4) is 0 Å². The Bertz CT molecular complexity index is 893. The number of carbonyl (C=O) groups excluding carboxylic acids is 2. The summed E-state index contributed by atoms with van der Waals surface area (Å²) in [6.45, 7) is 4.09. The number of hydrogen-bond donors (Lipinski definition) is 0. The minimum atomic E-state index is -0.175. The van der Waals surface area contributed by atoms with Crippen LogP contribution in [0.1, 0.15) is 42.6 Å². The summed E-state index contributed by atoms with van der Waals surface area (Å²) in [6.07, 6.45) is 3.62. The van der Waals surface area contributed by atoms with Crippen LogP contribution in [-0.2, 0) is 16.1 Å². The summed E-state index contributed by atoms with van der Waals surface area (Å²) in [6, 6.07) is 5.37. The second kappa shape index (κ2) is 6.95. The molecule has 2 fully saturated rings. The van der Waals surface area contributed by atoms with E-state index in [0.717, 1.165) is 36.9 Å². The van der Waals surface area contributed by atoms with Crippen LogP contribution in [0.5, 0.6) is 0 Å². The van der Waals surface area contributed by atoms with Crippen molar-refractivity contribution in [2.75, 3.05) is 4.90 Å². The number of hydrogen-bond acceptors (Lipinski definition) is 3. The molecule has 0 N–H and O–H groups in total. The predicted octanol–water partition coefficient (Wildman–Crippen LogP) is 4.53. The van der Waals surface area contributed by atoms with Gasteiger partial charge in [0.15, 0.2) is 0 Å². The molecule has 27 heavy (non-hydrogen) atoms. The molecule has 1 aromatic heterocycles. The van der Waals surface area contributed by atoms with E-state index in [9.17, 15) is 9.59 Å². The van der Waals surface area contributed by atoms with Crippen molar-refractivity contribution >= 4 is 40.7 Å². The highest BCUT2D eigenvalue weighted by atomic mass is 35.5. The van der Waals surface area contributed by atoms with Crippen LogP contribution in [0, 0.1) is 25.7 Å². The van der Waals surface area contributed by atoms with Gasteiger partial charge in [0, 0.05) is 15.6 Å². The molecule has 1 aromatic carbocycles. The van der Waals surface area contributed by atoms with E-state index in [1.807, 2.05) is 13.8 Å². The first kappa shape index (κ1) is 18.5. The molecule has 1 saturated carbocycles. The lowest BCUT2D eigenvalue weighted by atomic mass is 9.81. The second-order valence-electron chi connectivity index (χ2n) is 7.39. The van der Waals surface area contributed by atoms with Gasteiger partial charge >= 0.3 is 0 Å². The number of amides is 2. The fourth-order valence-electron chi connectivity index (χ4n) is 4.38.